The third-order valence-corrected chi connectivity index (χ3v) is 5.44. The summed E-state index contributed by atoms with van der Waals surface area (Å²) < 4.78 is 2.71. The summed E-state index contributed by atoms with van der Waals surface area (Å²) in [5.74, 6) is 0.970. The van der Waals surface area contributed by atoms with Crippen molar-refractivity contribution >= 4 is 27.6 Å². The Hall–Kier alpha value is -2.28. The second kappa shape index (κ2) is 6.46. The predicted octanol–water partition coefficient (Wildman–Crippen LogP) is 3.24. The number of hydrogen-bond acceptors (Lipinski definition) is 4. The first kappa shape index (κ1) is 17.1. The maximum absolute atomic E-state index is 12.7. The van der Waals surface area contributed by atoms with E-state index in [2.05, 4.69) is 48.4 Å². The van der Waals surface area contributed by atoms with Gasteiger partial charge < -0.3 is 5.32 Å². The molecule has 0 unspecified atom stereocenters. The minimum atomic E-state index is -0.273. The first-order valence-corrected chi connectivity index (χ1v) is 9.51. The van der Waals surface area contributed by atoms with Crippen molar-refractivity contribution in [2.45, 2.75) is 45.1 Å². The number of carbonyl (C=O) groups is 1. The van der Waals surface area contributed by atoms with Crippen LogP contribution in [0.1, 0.15) is 42.0 Å². The maximum Gasteiger partial charge on any atom is 0.252 e. The minimum Gasteiger partial charge on any atom is -0.346 e. The van der Waals surface area contributed by atoms with Crippen LogP contribution in [0.25, 0.3) is 5.78 Å². The Labute approximate surface area is 160 Å². The monoisotopic (exact) mass is 413 g/mol. The SMILES string of the molecule is Cc1cc(C)n2nc(CC(=O)NC3(c4cccc(Br)c4)CCC3)nc2n1. The van der Waals surface area contributed by atoms with Crippen molar-refractivity contribution in [3.05, 3.63) is 57.6 Å². The minimum absolute atomic E-state index is 0.0602. The summed E-state index contributed by atoms with van der Waals surface area (Å²) in [6.07, 6.45) is 3.17. The zero-order valence-electron chi connectivity index (χ0n) is 14.8. The van der Waals surface area contributed by atoms with E-state index in [1.54, 1.807) is 4.52 Å². The van der Waals surface area contributed by atoms with Crippen LogP contribution in [0.3, 0.4) is 0 Å². The number of carbonyl (C=O) groups excluding carboxylic acids is 1. The molecule has 0 bridgehead atoms. The fraction of sp³-hybridized carbons (Fsp3) is 0.368. The summed E-state index contributed by atoms with van der Waals surface area (Å²) in [5.41, 5.74) is 2.71. The smallest absolute Gasteiger partial charge is 0.252 e. The molecular formula is C19H20BrN5O. The molecule has 1 aliphatic rings. The number of benzene rings is 1. The third-order valence-electron chi connectivity index (χ3n) is 4.94. The lowest BCUT2D eigenvalue weighted by Crippen LogP contribution is -2.51. The van der Waals surface area contributed by atoms with Crippen LogP contribution in [0, 0.1) is 13.8 Å². The quantitative estimate of drug-likeness (QED) is 0.712. The van der Waals surface area contributed by atoms with Crippen molar-refractivity contribution in [3.63, 3.8) is 0 Å². The molecule has 26 heavy (non-hydrogen) atoms. The predicted molar refractivity (Wildman–Crippen MR) is 102 cm³/mol. The van der Waals surface area contributed by atoms with Crippen molar-refractivity contribution in [2.24, 2.45) is 0 Å². The fourth-order valence-electron chi connectivity index (χ4n) is 3.54. The van der Waals surface area contributed by atoms with E-state index in [0.29, 0.717) is 11.6 Å². The van der Waals surface area contributed by atoms with E-state index < -0.39 is 0 Å². The van der Waals surface area contributed by atoms with Crippen molar-refractivity contribution in [1.82, 2.24) is 24.9 Å². The molecule has 1 saturated carbocycles. The number of amides is 1. The van der Waals surface area contributed by atoms with E-state index in [1.807, 2.05) is 32.0 Å². The van der Waals surface area contributed by atoms with Gasteiger partial charge in [-0.2, -0.15) is 4.98 Å². The molecule has 6 nitrogen and oxygen atoms in total. The summed E-state index contributed by atoms with van der Waals surface area (Å²) in [5, 5.41) is 7.65. The second-order valence-electron chi connectivity index (χ2n) is 6.95. The Kier molecular flexibility index (Phi) is 4.26. The lowest BCUT2D eigenvalue weighted by Gasteiger charge is -2.43. The van der Waals surface area contributed by atoms with Crippen molar-refractivity contribution in [1.29, 1.82) is 0 Å². The first-order valence-electron chi connectivity index (χ1n) is 8.72. The molecule has 0 saturated heterocycles. The van der Waals surface area contributed by atoms with Crippen molar-refractivity contribution in [2.75, 3.05) is 0 Å². The molecule has 0 spiro atoms. The molecule has 0 radical (unpaired) electrons. The van der Waals surface area contributed by atoms with Gasteiger partial charge in [0, 0.05) is 15.9 Å². The lowest BCUT2D eigenvalue weighted by atomic mass is 9.71. The van der Waals surface area contributed by atoms with Gasteiger partial charge in [0.1, 0.15) is 0 Å². The average Bonchev–Trinajstić information content (AvgIpc) is 2.93. The third kappa shape index (κ3) is 3.11. The number of aromatic nitrogens is 4. The van der Waals surface area contributed by atoms with Gasteiger partial charge >= 0.3 is 0 Å². The summed E-state index contributed by atoms with van der Waals surface area (Å²) >= 11 is 3.52. The molecule has 4 rings (SSSR count). The van der Waals surface area contributed by atoms with Gasteiger partial charge in [0.15, 0.2) is 5.82 Å². The Morgan fingerprint density at radius 1 is 1.27 bits per heavy atom. The van der Waals surface area contributed by atoms with Crippen LogP contribution in [-0.4, -0.2) is 25.5 Å². The Morgan fingerprint density at radius 2 is 2.08 bits per heavy atom. The first-order chi connectivity index (χ1) is 12.4. The largest absolute Gasteiger partial charge is 0.346 e. The Morgan fingerprint density at radius 3 is 2.77 bits per heavy atom. The highest BCUT2D eigenvalue weighted by Crippen LogP contribution is 2.41. The molecule has 134 valence electrons. The normalized spacial score (nSPS) is 15.7. The number of aryl methyl sites for hydroxylation is 2. The van der Waals surface area contributed by atoms with E-state index in [-0.39, 0.29) is 17.9 Å². The van der Waals surface area contributed by atoms with Gasteiger partial charge in [-0.1, -0.05) is 28.1 Å². The molecule has 1 aliphatic carbocycles. The highest BCUT2D eigenvalue weighted by atomic mass is 79.9. The summed E-state index contributed by atoms with van der Waals surface area (Å²) in [6.45, 7) is 3.88. The summed E-state index contributed by atoms with van der Waals surface area (Å²) in [7, 11) is 0. The number of hydrogen-bond donors (Lipinski definition) is 1. The van der Waals surface area contributed by atoms with E-state index in [1.165, 1.54) is 0 Å². The molecule has 3 aromatic rings. The standard InChI is InChI=1S/C19H20BrN5O/c1-12-9-13(2)25-18(21-12)22-16(24-25)11-17(26)23-19(7-4-8-19)14-5-3-6-15(20)10-14/h3,5-6,9-10H,4,7-8,11H2,1-2H3,(H,23,26). The highest BCUT2D eigenvalue weighted by molar-refractivity contribution is 9.10. The summed E-state index contributed by atoms with van der Waals surface area (Å²) in [6, 6.07) is 10.1. The molecular weight excluding hydrogens is 394 g/mol. The van der Waals surface area contributed by atoms with Crippen molar-refractivity contribution in [3.8, 4) is 0 Å². The van der Waals surface area contributed by atoms with Crippen LogP contribution in [0.15, 0.2) is 34.8 Å². The van der Waals surface area contributed by atoms with Crippen LogP contribution < -0.4 is 5.32 Å². The lowest BCUT2D eigenvalue weighted by molar-refractivity contribution is -0.123. The average molecular weight is 414 g/mol. The molecule has 2 heterocycles. The number of nitrogens with one attached hydrogen (secondary N) is 1. The van der Waals surface area contributed by atoms with Crippen LogP contribution >= 0.6 is 15.9 Å². The van der Waals surface area contributed by atoms with Crippen LogP contribution in [-0.2, 0) is 16.8 Å². The van der Waals surface area contributed by atoms with Crippen LogP contribution in [0.2, 0.25) is 0 Å². The molecule has 7 heteroatoms. The Balaban J connectivity index is 1.54. The van der Waals surface area contributed by atoms with Gasteiger partial charge in [-0.25, -0.2) is 9.50 Å². The van der Waals surface area contributed by atoms with Gasteiger partial charge in [0.2, 0.25) is 5.91 Å². The van der Waals surface area contributed by atoms with E-state index >= 15 is 0 Å². The molecule has 0 atom stereocenters. The van der Waals surface area contributed by atoms with E-state index in [9.17, 15) is 4.79 Å². The topological polar surface area (TPSA) is 72.2 Å². The van der Waals surface area contributed by atoms with Gasteiger partial charge in [-0.05, 0) is 56.9 Å². The molecule has 2 aromatic heterocycles. The molecule has 1 N–H and O–H groups in total. The molecule has 0 aliphatic heterocycles. The molecule has 1 amide bonds. The number of rotatable bonds is 4. The zero-order chi connectivity index (χ0) is 18.3. The van der Waals surface area contributed by atoms with Gasteiger partial charge in [-0.15, -0.1) is 5.10 Å². The van der Waals surface area contributed by atoms with Gasteiger partial charge in [0.25, 0.3) is 5.78 Å². The number of halogens is 1. The highest BCUT2D eigenvalue weighted by Gasteiger charge is 2.40. The number of nitrogens with zero attached hydrogens (tertiary/aromatic N) is 4. The van der Waals surface area contributed by atoms with Crippen molar-refractivity contribution < 1.29 is 4.79 Å². The second-order valence-corrected chi connectivity index (χ2v) is 7.87. The zero-order valence-corrected chi connectivity index (χ0v) is 16.4. The maximum atomic E-state index is 12.7. The van der Waals surface area contributed by atoms with Gasteiger partial charge in [-0.3, -0.25) is 4.79 Å². The summed E-state index contributed by atoms with van der Waals surface area (Å²) in [4.78, 5) is 21.5. The molecule has 1 aromatic carbocycles. The Bertz CT molecular complexity index is 993. The number of fused-ring (bicyclic) bond motifs is 1. The fourth-order valence-corrected chi connectivity index (χ4v) is 3.94. The van der Waals surface area contributed by atoms with Gasteiger partial charge in [0.05, 0.1) is 12.0 Å². The molecule has 1 fully saturated rings. The van der Waals surface area contributed by atoms with E-state index in [4.69, 9.17) is 0 Å². The van der Waals surface area contributed by atoms with E-state index in [0.717, 1.165) is 40.7 Å². The van der Waals surface area contributed by atoms with Crippen LogP contribution in [0.5, 0.6) is 0 Å². The van der Waals surface area contributed by atoms with Crippen LogP contribution in [0.4, 0.5) is 0 Å².